The summed E-state index contributed by atoms with van der Waals surface area (Å²) in [5.41, 5.74) is 1.28. The smallest absolute Gasteiger partial charge is 0.273 e. The molecule has 1 aliphatic rings. The monoisotopic (exact) mass is 300 g/mol. The zero-order valence-electron chi connectivity index (χ0n) is 12.4. The highest BCUT2D eigenvalue weighted by atomic mass is 16.3. The standard InChI is InChI=1S/C16H20N4O2/c21-12-16(7-4-8-16)11-17-15(22)14-10-20(19-18-14)9-13-5-2-1-3-6-13/h1-3,5-6,10,21H,4,7-9,11-12H2,(H,17,22). The second-order valence-corrected chi connectivity index (χ2v) is 5.98. The number of hydrogen-bond acceptors (Lipinski definition) is 4. The van der Waals surface area contributed by atoms with Gasteiger partial charge in [-0.15, -0.1) is 5.10 Å². The normalized spacial score (nSPS) is 16.0. The predicted molar refractivity (Wildman–Crippen MR) is 81.3 cm³/mol. The molecule has 0 unspecified atom stereocenters. The van der Waals surface area contributed by atoms with Crippen LogP contribution in [0, 0.1) is 5.41 Å². The Morgan fingerprint density at radius 2 is 2.09 bits per heavy atom. The van der Waals surface area contributed by atoms with Gasteiger partial charge in [-0.2, -0.15) is 0 Å². The van der Waals surface area contributed by atoms with Crippen LogP contribution in [0.4, 0.5) is 0 Å². The fourth-order valence-corrected chi connectivity index (χ4v) is 2.68. The molecule has 2 N–H and O–H groups in total. The molecule has 116 valence electrons. The van der Waals surface area contributed by atoms with E-state index in [1.54, 1.807) is 10.9 Å². The SMILES string of the molecule is O=C(NCC1(CO)CCC1)c1cn(Cc2ccccc2)nn1. The van der Waals surface area contributed by atoms with Crippen molar-refractivity contribution in [1.29, 1.82) is 0 Å². The summed E-state index contributed by atoms with van der Waals surface area (Å²) in [6.07, 6.45) is 4.69. The molecule has 0 bridgehead atoms. The van der Waals surface area contributed by atoms with Gasteiger partial charge in [0.05, 0.1) is 19.3 Å². The van der Waals surface area contributed by atoms with Crippen molar-refractivity contribution < 1.29 is 9.90 Å². The lowest BCUT2D eigenvalue weighted by Gasteiger charge is -2.40. The van der Waals surface area contributed by atoms with Gasteiger partial charge in [0.1, 0.15) is 0 Å². The van der Waals surface area contributed by atoms with E-state index in [4.69, 9.17) is 0 Å². The van der Waals surface area contributed by atoms with Crippen molar-refractivity contribution in [2.75, 3.05) is 13.2 Å². The third-order valence-electron chi connectivity index (χ3n) is 4.33. The predicted octanol–water partition coefficient (Wildman–Crippen LogP) is 1.22. The number of hydrogen-bond donors (Lipinski definition) is 2. The highest BCUT2D eigenvalue weighted by molar-refractivity contribution is 5.91. The maximum atomic E-state index is 12.1. The maximum absolute atomic E-state index is 12.1. The number of amides is 1. The molecule has 2 aromatic rings. The number of aliphatic hydroxyl groups is 1. The molecule has 0 radical (unpaired) electrons. The number of aromatic nitrogens is 3. The molecule has 1 aliphatic carbocycles. The fraction of sp³-hybridized carbons (Fsp3) is 0.438. The van der Waals surface area contributed by atoms with Crippen molar-refractivity contribution in [3.05, 3.63) is 47.8 Å². The zero-order valence-corrected chi connectivity index (χ0v) is 12.4. The van der Waals surface area contributed by atoms with Crippen LogP contribution in [0.3, 0.4) is 0 Å². The summed E-state index contributed by atoms with van der Waals surface area (Å²) in [5.74, 6) is -0.237. The van der Waals surface area contributed by atoms with E-state index in [1.165, 1.54) is 0 Å². The molecule has 1 amide bonds. The minimum atomic E-state index is -0.237. The third-order valence-corrected chi connectivity index (χ3v) is 4.33. The van der Waals surface area contributed by atoms with Gasteiger partial charge in [-0.05, 0) is 18.4 Å². The van der Waals surface area contributed by atoms with Gasteiger partial charge in [0.2, 0.25) is 0 Å². The average molecular weight is 300 g/mol. The summed E-state index contributed by atoms with van der Waals surface area (Å²) in [6.45, 7) is 1.20. The zero-order chi connectivity index (χ0) is 15.4. The van der Waals surface area contributed by atoms with E-state index >= 15 is 0 Å². The molecule has 0 aliphatic heterocycles. The molecular formula is C16H20N4O2. The van der Waals surface area contributed by atoms with Crippen LogP contribution in [-0.4, -0.2) is 39.2 Å². The van der Waals surface area contributed by atoms with Crippen molar-refractivity contribution in [3.63, 3.8) is 0 Å². The number of rotatable bonds is 6. The summed E-state index contributed by atoms with van der Waals surface area (Å²) < 4.78 is 1.65. The molecule has 1 saturated carbocycles. The Balaban J connectivity index is 1.57. The van der Waals surface area contributed by atoms with Crippen molar-refractivity contribution in [2.24, 2.45) is 5.41 Å². The molecular weight excluding hydrogens is 280 g/mol. The second kappa shape index (κ2) is 6.27. The lowest BCUT2D eigenvalue weighted by Crippen LogP contribution is -2.44. The Morgan fingerprint density at radius 1 is 1.32 bits per heavy atom. The number of aliphatic hydroxyl groups excluding tert-OH is 1. The number of benzene rings is 1. The van der Waals surface area contributed by atoms with Crippen molar-refractivity contribution in [1.82, 2.24) is 20.3 Å². The van der Waals surface area contributed by atoms with Gasteiger partial charge in [0.15, 0.2) is 5.69 Å². The molecule has 6 nitrogen and oxygen atoms in total. The lowest BCUT2D eigenvalue weighted by atomic mass is 9.69. The van der Waals surface area contributed by atoms with Crippen molar-refractivity contribution in [2.45, 2.75) is 25.8 Å². The number of nitrogens with zero attached hydrogens (tertiary/aromatic N) is 3. The molecule has 0 atom stereocenters. The molecule has 1 aromatic heterocycles. The molecule has 1 aromatic carbocycles. The number of nitrogens with one attached hydrogen (secondary N) is 1. The Labute approximate surface area is 129 Å². The van der Waals surface area contributed by atoms with Crippen LogP contribution in [-0.2, 0) is 6.54 Å². The van der Waals surface area contributed by atoms with Gasteiger partial charge in [-0.3, -0.25) is 4.79 Å². The molecule has 0 saturated heterocycles. The molecule has 22 heavy (non-hydrogen) atoms. The van der Waals surface area contributed by atoms with Crippen molar-refractivity contribution >= 4 is 5.91 Å². The molecule has 3 rings (SSSR count). The van der Waals surface area contributed by atoms with E-state index in [0.29, 0.717) is 18.8 Å². The van der Waals surface area contributed by atoms with E-state index < -0.39 is 0 Å². The number of carbonyl (C=O) groups excluding carboxylic acids is 1. The van der Waals surface area contributed by atoms with Crippen LogP contribution in [0.15, 0.2) is 36.5 Å². The van der Waals surface area contributed by atoms with Crippen LogP contribution in [0.5, 0.6) is 0 Å². The van der Waals surface area contributed by atoms with Crippen molar-refractivity contribution in [3.8, 4) is 0 Å². The third kappa shape index (κ3) is 3.17. The first-order valence-corrected chi connectivity index (χ1v) is 7.54. The lowest BCUT2D eigenvalue weighted by molar-refractivity contribution is 0.0428. The summed E-state index contributed by atoms with van der Waals surface area (Å²) in [7, 11) is 0. The Morgan fingerprint density at radius 3 is 2.73 bits per heavy atom. The quantitative estimate of drug-likeness (QED) is 0.840. The van der Waals surface area contributed by atoms with E-state index in [9.17, 15) is 9.90 Å². The second-order valence-electron chi connectivity index (χ2n) is 5.98. The van der Waals surface area contributed by atoms with Crippen LogP contribution in [0.1, 0.15) is 35.3 Å². The maximum Gasteiger partial charge on any atom is 0.273 e. The largest absolute Gasteiger partial charge is 0.396 e. The topological polar surface area (TPSA) is 80.0 Å². The minimum Gasteiger partial charge on any atom is -0.396 e. The van der Waals surface area contributed by atoms with Gasteiger partial charge < -0.3 is 10.4 Å². The van der Waals surface area contributed by atoms with Crippen LogP contribution in [0.2, 0.25) is 0 Å². The van der Waals surface area contributed by atoms with Gasteiger partial charge in [0.25, 0.3) is 5.91 Å². The van der Waals surface area contributed by atoms with Crippen LogP contribution in [0.25, 0.3) is 0 Å². The summed E-state index contributed by atoms with van der Waals surface area (Å²) >= 11 is 0. The van der Waals surface area contributed by atoms with Crippen LogP contribution >= 0.6 is 0 Å². The molecule has 6 heteroatoms. The first-order valence-electron chi connectivity index (χ1n) is 7.54. The Hall–Kier alpha value is -2.21. The molecule has 0 spiro atoms. The summed E-state index contributed by atoms with van der Waals surface area (Å²) in [6, 6.07) is 9.90. The number of carbonyl (C=O) groups is 1. The van der Waals surface area contributed by atoms with Gasteiger partial charge in [-0.1, -0.05) is 42.0 Å². The first kappa shape index (κ1) is 14.7. The van der Waals surface area contributed by atoms with E-state index in [1.807, 2.05) is 30.3 Å². The first-order chi connectivity index (χ1) is 10.7. The summed E-state index contributed by atoms with van der Waals surface area (Å²) in [4.78, 5) is 12.1. The van der Waals surface area contributed by atoms with E-state index in [-0.39, 0.29) is 17.9 Å². The highest BCUT2D eigenvalue weighted by Crippen LogP contribution is 2.39. The van der Waals surface area contributed by atoms with Gasteiger partial charge in [-0.25, -0.2) is 4.68 Å². The van der Waals surface area contributed by atoms with Crippen LogP contribution < -0.4 is 5.32 Å². The summed E-state index contributed by atoms with van der Waals surface area (Å²) in [5, 5.41) is 20.2. The van der Waals surface area contributed by atoms with E-state index in [2.05, 4.69) is 15.6 Å². The van der Waals surface area contributed by atoms with Gasteiger partial charge in [0, 0.05) is 12.0 Å². The average Bonchev–Trinajstić information content (AvgIpc) is 2.96. The minimum absolute atomic E-state index is 0.119. The Kier molecular flexibility index (Phi) is 4.20. The Bertz CT molecular complexity index is 629. The molecule has 1 fully saturated rings. The van der Waals surface area contributed by atoms with Gasteiger partial charge >= 0.3 is 0 Å². The molecule has 1 heterocycles. The fourth-order valence-electron chi connectivity index (χ4n) is 2.68. The highest BCUT2D eigenvalue weighted by Gasteiger charge is 2.36. The van der Waals surface area contributed by atoms with E-state index in [0.717, 1.165) is 24.8 Å².